The molecule has 27 heavy (non-hydrogen) atoms. The molecule has 2 aromatic rings. The lowest BCUT2D eigenvalue weighted by Gasteiger charge is -2.37. The molecule has 0 bridgehead atoms. The highest BCUT2D eigenvalue weighted by Crippen LogP contribution is 2.45. The van der Waals surface area contributed by atoms with Crippen LogP contribution in [0.4, 0.5) is 10.1 Å². The molecule has 1 amide bonds. The molecule has 1 fully saturated rings. The number of benzene rings is 2. The van der Waals surface area contributed by atoms with Crippen molar-refractivity contribution in [3.05, 3.63) is 59.4 Å². The molecule has 3 unspecified atom stereocenters. The van der Waals surface area contributed by atoms with Crippen molar-refractivity contribution in [3.8, 4) is 5.75 Å². The van der Waals surface area contributed by atoms with Crippen LogP contribution < -0.4 is 9.64 Å². The van der Waals surface area contributed by atoms with Gasteiger partial charge in [-0.1, -0.05) is 17.7 Å². The molecular weight excluding hydrogens is 343 g/mol. The van der Waals surface area contributed by atoms with Crippen molar-refractivity contribution >= 4 is 11.6 Å². The first-order valence-electron chi connectivity index (χ1n) is 9.48. The Morgan fingerprint density at radius 3 is 2.70 bits per heavy atom. The maximum absolute atomic E-state index is 13.3. The van der Waals surface area contributed by atoms with Crippen molar-refractivity contribution < 1.29 is 13.9 Å². The smallest absolute Gasteiger partial charge is 0.268 e. The van der Waals surface area contributed by atoms with Gasteiger partial charge in [-0.25, -0.2) is 4.39 Å². The Balaban J connectivity index is 1.61. The zero-order valence-electron chi connectivity index (χ0n) is 16.0. The Labute approximate surface area is 159 Å². The van der Waals surface area contributed by atoms with Crippen molar-refractivity contribution in [1.82, 2.24) is 4.90 Å². The first-order valence-corrected chi connectivity index (χ1v) is 9.48. The average Bonchev–Trinajstić information content (AvgIpc) is 2.96. The van der Waals surface area contributed by atoms with E-state index >= 15 is 0 Å². The third-order valence-corrected chi connectivity index (χ3v) is 5.66. The Bertz CT molecular complexity index is 852. The van der Waals surface area contributed by atoms with Gasteiger partial charge < -0.3 is 14.5 Å². The summed E-state index contributed by atoms with van der Waals surface area (Å²) in [6.07, 6.45) is 0.312. The molecule has 0 N–H and O–H groups in total. The fraction of sp³-hybridized carbons (Fsp3) is 0.409. The fourth-order valence-corrected chi connectivity index (χ4v) is 4.33. The number of piperidine rings is 1. The van der Waals surface area contributed by atoms with E-state index in [2.05, 4.69) is 37.1 Å². The van der Waals surface area contributed by atoms with Crippen LogP contribution in [0.15, 0.2) is 42.5 Å². The number of ether oxygens (including phenoxy) is 1. The van der Waals surface area contributed by atoms with E-state index in [9.17, 15) is 9.18 Å². The number of fused-ring (bicyclic) bond motifs is 3. The SMILES string of the molecule is Cc1ccc2c(c1)C1CN(C)CCC1N2C(=O)C(C)Oc1ccc(F)cc1. The number of rotatable bonds is 3. The van der Waals surface area contributed by atoms with Crippen LogP contribution in [0.3, 0.4) is 0 Å². The van der Waals surface area contributed by atoms with E-state index in [0.717, 1.165) is 25.2 Å². The van der Waals surface area contributed by atoms with E-state index in [1.54, 1.807) is 19.1 Å². The molecular formula is C22H25FN2O2. The number of carbonyl (C=O) groups is 1. The molecule has 142 valence electrons. The Kier molecular flexibility index (Phi) is 4.64. The largest absolute Gasteiger partial charge is 0.481 e. The number of anilines is 1. The molecule has 1 saturated heterocycles. The Morgan fingerprint density at radius 2 is 1.96 bits per heavy atom. The highest BCUT2D eigenvalue weighted by molar-refractivity contribution is 5.99. The lowest BCUT2D eigenvalue weighted by Crippen LogP contribution is -2.50. The number of hydrogen-bond donors (Lipinski definition) is 0. The molecule has 0 spiro atoms. The van der Waals surface area contributed by atoms with Gasteiger partial charge in [0.15, 0.2) is 6.10 Å². The second-order valence-electron chi connectivity index (χ2n) is 7.71. The van der Waals surface area contributed by atoms with Crippen LogP contribution in [0.1, 0.15) is 30.4 Å². The van der Waals surface area contributed by atoms with Crippen molar-refractivity contribution in [3.63, 3.8) is 0 Å². The van der Waals surface area contributed by atoms with Crippen LogP contribution in [0.5, 0.6) is 5.75 Å². The molecule has 2 heterocycles. The van der Waals surface area contributed by atoms with E-state index in [-0.39, 0.29) is 17.8 Å². The van der Waals surface area contributed by atoms with Crippen molar-refractivity contribution in [2.24, 2.45) is 0 Å². The summed E-state index contributed by atoms with van der Waals surface area (Å²) in [5.74, 6) is 0.474. The first-order chi connectivity index (χ1) is 12.9. The van der Waals surface area contributed by atoms with E-state index in [1.165, 1.54) is 23.3 Å². The van der Waals surface area contributed by atoms with E-state index in [1.807, 2.05) is 4.90 Å². The van der Waals surface area contributed by atoms with Crippen LogP contribution in [-0.2, 0) is 4.79 Å². The molecule has 2 aliphatic heterocycles. The molecule has 4 rings (SSSR count). The summed E-state index contributed by atoms with van der Waals surface area (Å²) < 4.78 is 18.9. The number of likely N-dealkylation sites (tertiary alicyclic amines) is 1. The van der Waals surface area contributed by atoms with Gasteiger partial charge in [-0.05, 0) is 69.8 Å². The lowest BCUT2D eigenvalue weighted by atomic mass is 9.89. The minimum absolute atomic E-state index is 0.0403. The Morgan fingerprint density at radius 1 is 1.22 bits per heavy atom. The van der Waals surface area contributed by atoms with Gasteiger partial charge in [-0.15, -0.1) is 0 Å². The van der Waals surface area contributed by atoms with Crippen molar-refractivity contribution in [2.45, 2.75) is 38.3 Å². The monoisotopic (exact) mass is 368 g/mol. The summed E-state index contributed by atoms with van der Waals surface area (Å²) in [6, 6.07) is 12.3. The maximum Gasteiger partial charge on any atom is 0.268 e. The van der Waals surface area contributed by atoms with Crippen LogP contribution in [0.25, 0.3) is 0 Å². The number of hydrogen-bond acceptors (Lipinski definition) is 3. The first kappa shape index (κ1) is 18.0. The van der Waals surface area contributed by atoms with Crippen molar-refractivity contribution in [2.75, 3.05) is 25.0 Å². The average molecular weight is 368 g/mol. The molecule has 0 radical (unpaired) electrons. The summed E-state index contributed by atoms with van der Waals surface area (Å²) in [4.78, 5) is 17.6. The predicted molar refractivity (Wildman–Crippen MR) is 104 cm³/mol. The highest BCUT2D eigenvalue weighted by atomic mass is 19.1. The quantitative estimate of drug-likeness (QED) is 0.827. The van der Waals surface area contributed by atoms with Gasteiger partial charge in [-0.2, -0.15) is 0 Å². The summed E-state index contributed by atoms with van der Waals surface area (Å²) in [5.41, 5.74) is 3.48. The summed E-state index contributed by atoms with van der Waals surface area (Å²) in [5, 5.41) is 0. The van der Waals surface area contributed by atoms with E-state index in [4.69, 9.17) is 4.74 Å². The van der Waals surface area contributed by atoms with Crippen LogP contribution in [-0.4, -0.2) is 43.1 Å². The molecule has 2 aromatic carbocycles. The van der Waals surface area contributed by atoms with Gasteiger partial charge in [0.25, 0.3) is 5.91 Å². The normalized spacial score (nSPS) is 22.9. The highest BCUT2D eigenvalue weighted by Gasteiger charge is 2.45. The van der Waals surface area contributed by atoms with Gasteiger partial charge in [0.2, 0.25) is 0 Å². The third kappa shape index (κ3) is 3.32. The van der Waals surface area contributed by atoms with Crippen LogP contribution in [0.2, 0.25) is 0 Å². The minimum atomic E-state index is -0.636. The zero-order chi connectivity index (χ0) is 19.1. The number of amides is 1. The van der Waals surface area contributed by atoms with Gasteiger partial charge in [0.05, 0.1) is 0 Å². The third-order valence-electron chi connectivity index (χ3n) is 5.66. The molecule has 0 aromatic heterocycles. The van der Waals surface area contributed by atoms with Gasteiger partial charge >= 0.3 is 0 Å². The lowest BCUT2D eigenvalue weighted by molar-refractivity contribution is -0.125. The zero-order valence-corrected chi connectivity index (χ0v) is 16.0. The standard InChI is InChI=1S/C22H25FN2O2/c1-14-4-9-20-18(12-14)19-13-24(3)11-10-21(19)25(20)22(26)15(2)27-17-7-5-16(23)6-8-17/h4-9,12,15,19,21H,10-11,13H2,1-3H3. The second kappa shape index (κ2) is 6.97. The van der Waals surface area contributed by atoms with Gasteiger partial charge in [-0.3, -0.25) is 4.79 Å². The van der Waals surface area contributed by atoms with Gasteiger partial charge in [0.1, 0.15) is 11.6 Å². The molecule has 0 saturated carbocycles. The number of likely N-dealkylation sites (N-methyl/N-ethyl adjacent to an activating group) is 1. The second-order valence-corrected chi connectivity index (χ2v) is 7.71. The molecule has 5 heteroatoms. The van der Waals surface area contributed by atoms with Crippen molar-refractivity contribution in [1.29, 1.82) is 0 Å². The molecule has 3 atom stereocenters. The molecule has 2 aliphatic rings. The number of nitrogens with zero attached hydrogens (tertiary/aromatic N) is 2. The Hall–Kier alpha value is -2.40. The van der Waals surface area contributed by atoms with Gasteiger partial charge in [0, 0.05) is 24.2 Å². The summed E-state index contributed by atoms with van der Waals surface area (Å²) >= 11 is 0. The van der Waals surface area contributed by atoms with Crippen LogP contribution in [0, 0.1) is 12.7 Å². The predicted octanol–water partition coefficient (Wildman–Crippen LogP) is 3.74. The summed E-state index contributed by atoms with van der Waals surface area (Å²) in [7, 11) is 2.14. The fourth-order valence-electron chi connectivity index (χ4n) is 4.33. The topological polar surface area (TPSA) is 32.8 Å². The summed E-state index contributed by atoms with van der Waals surface area (Å²) in [6.45, 7) is 5.79. The van der Waals surface area contributed by atoms with Crippen LogP contribution >= 0.6 is 0 Å². The molecule has 4 nitrogen and oxygen atoms in total. The van der Waals surface area contributed by atoms with E-state index < -0.39 is 6.10 Å². The number of aryl methyl sites for hydroxylation is 1. The number of halogens is 1. The number of carbonyl (C=O) groups excluding carboxylic acids is 1. The minimum Gasteiger partial charge on any atom is -0.481 e. The molecule has 0 aliphatic carbocycles. The van der Waals surface area contributed by atoms with E-state index in [0.29, 0.717) is 11.7 Å². The maximum atomic E-state index is 13.3.